The molecule has 19 heavy (non-hydrogen) atoms. The van der Waals surface area contributed by atoms with E-state index >= 15 is 0 Å². The van der Waals surface area contributed by atoms with Gasteiger partial charge in [0.1, 0.15) is 0 Å². The van der Waals surface area contributed by atoms with Gasteiger partial charge in [-0.3, -0.25) is 0 Å². The van der Waals surface area contributed by atoms with Crippen molar-refractivity contribution in [2.24, 2.45) is 11.8 Å². The second kappa shape index (κ2) is 8.26. The monoisotopic (exact) mass is 266 g/mol. The lowest BCUT2D eigenvalue weighted by molar-refractivity contribution is 0.135. The highest BCUT2D eigenvalue weighted by molar-refractivity contribution is 4.85. The van der Waals surface area contributed by atoms with Gasteiger partial charge >= 0.3 is 0 Å². The minimum absolute atomic E-state index is 0.772. The summed E-state index contributed by atoms with van der Waals surface area (Å²) in [6.07, 6.45) is 12.9. The molecule has 112 valence electrons. The van der Waals surface area contributed by atoms with Gasteiger partial charge in [0.15, 0.2) is 0 Å². The highest BCUT2D eigenvalue weighted by Gasteiger charge is 2.30. The lowest BCUT2D eigenvalue weighted by atomic mass is 9.76. The van der Waals surface area contributed by atoms with Gasteiger partial charge in [0.2, 0.25) is 0 Å². The first-order valence-corrected chi connectivity index (χ1v) is 8.73. The van der Waals surface area contributed by atoms with Gasteiger partial charge in [0.05, 0.1) is 0 Å². The number of hydrogen-bond acceptors (Lipinski definition) is 2. The van der Waals surface area contributed by atoms with Gasteiger partial charge in [-0.25, -0.2) is 0 Å². The summed E-state index contributed by atoms with van der Waals surface area (Å²) in [5, 5.41) is 3.59. The number of rotatable bonds is 4. The van der Waals surface area contributed by atoms with Crippen molar-refractivity contribution in [3.8, 4) is 0 Å². The zero-order valence-electron chi connectivity index (χ0n) is 13.2. The predicted molar refractivity (Wildman–Crippen MR) is 83.5 cm³/mol. The van der Waals surface area contributed by atoms with Crippen molar-refractivity contribution < 1.29 is 0 Å². The Morgan fingerprint density at radius 1 is 1.00 bits per heavy atom. The van der Waals surface area contributed by atoms with Gasteiger partial charge in [0, 0.05) is 12.6 Å². The molecule has 1 saturated carbocycles. The van der Waals surface area contributed by atoms with E-state index in [0.717, 1.165) is 17.9 Å². The molecule has 0 amide bonds. The number of likely N-dealkylation sites (tertiary alicyclic amines) is 1. The van der Waals surface area contributed by atoms with Crippen LogP contribution in [0.25, 0.3) is 0 Å². The van der Waals surface area contributed by atoms with Crippen molar-refractivity contribution in [2.45, 2.75) is 70.8 Å². The van der Waals surface area contributed by atoms with Crippen LogP contribution in [-0.2, 0) is 0 Å². The molecule has 1 saturated heterocycles. The molecule has 0 aromatic carbocycles. The topological polar surface area (TPSA) is 15.3 Å². The molecule has 0 radical (unpaired) electrons. The fraction of sp³-hybridized carbons (Fsp3) is 1.00. The van der Waals surface area contributed by atoms with Crippen LogP contribution >= 0.6 is 0 Å². The summed E-state index contributed by atoms with van der Waals surface area (Å²) in [6.45, 7) is 6.42. The quantitative estimate of drug-likeness (QED) is 0.835. The van der Waals surface area contributed by atoms with E-state index in [1.165, 1.54) is 77.4 Å². The molecule has 3 unspecified atom stereocenters. The van der Waals surface area contributed by atoms with Crippen molar-refractivity contribution in [1.82, 2.24) is 10.2 Å². The van der Waals surface area contributed by atoms with E-state index in [1.807, 2.05) is 0 Å². The molecule has 1 aliphatic carbocycles. The maximum atomic E-state index is 3.59. The molecule has 0 aromatic rings. The van der Waals surface area contributed by atoms with Crippen molar-refractivity contribution in [3.05, 3.63) is 0 Å². The molecule has 1 heterocycles. The van der Waals surface area contributed by atoms with E-state index in [2.05, 4.69) is 24.2 Å². The third-order valence-corrected chi connectivity index (χ3v) is 5.48. The maximum absolute atomic E-state index is 3.59. The molecule has 1 aliphatic heterocycles. The standard InChI is InChI=1S/C17H34N2/c1-3-15-9-10-17(18-2)16(13-15)14-19-11-7-5-4-6-8-12-19/h15-18H,3-14H2,1-2H3. The molecule has 2 aliphatic rings. The van der Waals surface area contributed by atoms with Crippen molar-refractivity contribution in [2.75, 3.05) is 26.7 Å². The van der Waals surface area contributed by atoms with E-state index in [0.29, 0.717) is 0 Å². The Hall–Kier alpha value is -0.0800. The van der Waals surface area contributed by atoms with Gasteiger partial charge in [0.25, 0.3) is 0 Å². The lowest BCUT2D eigenvalue weighted by Crippen LogP contribution is -2.45. The number of nitrogens with zero attached hydrogens (tertiary/aromatic N) is 1. The average Bonchev–Trinajstić information content (AvgIpc) is 2.41. The van der Waals surface area contributed by atoms with E-state index in [9.17, 15) is 0 Å². The summed E-state index contributed by atoms with van der Waals surface area (Å²) in [7, 11) is 2.16. The smallest absolute Gasteiger partial charge is 0.0105 e. The van der Waals surface area contributed by atoms with Crippen LogP contribution in [0.1, 0.15) is 64.7 Å². The van der Waals surface area contributed by atoms with Crippen LogP contribution in [-0.4, -0.2) is 37.6 Å². The Morgan fingerprint density at radius 3 is 2.32 bits per heavy atom. The van der Waals surface area contributed by atoms with Gasteiger partial charge in [-0.15, -0.1) is 0 Å². The molecule has 2 heteroatoms. The van der Waals surface area contributed by atoms with Gasteiger partial charge in [-0.1, -0.05) is 32.6 Å². The van der Waals surface area contributed by atoms with Gasteiger partial charge < -0.3 is 10.2 Å². The summed E-state index contributed by atoms with van der Waals surface area (Å²) in [5.74, 6) is 1.88. The van der Waals surface area contributed by atoms with Crippen LogP contribution in [0, 0.1) is 11.8 Å². The summed E-state index contributed by atoms with van der Waals surface area (Å²) in [4.78, 5) is 2.77. The Bertz CT molecular complexity index is 233. The largest absolute Gasteiger partial charge is 0.317 e. The molecule has 0 spiro atoms. The molecule has 2 fully saturated rings. The molecule has 0 aromatic heterocycles. The van der Waals surface area contributed by atoms with Crippen molar-refractivity contribution >= 4 is 0 Å². The fourth-order valence-electron chi connectivity index (χ4n) is 4.14. The van der Waals surface area contributed by atoms with Gasteiger partial charge in [-0.05, 0) is 64.1 Å². The molecule has 3 atom stereocenters. The Kier molecular flexibility index (Phi) is 6.66. The van der Waals surface area contributed by atoms with E-state index in [-0.39, 0.29) is 0 Å². The van der Waals surface area contributed by atoms with Crippen molar-refractivity contribution in [1.29, 1.82) is 0 Å². The lowest BCUT2D eigenvalue weighted by Gasteiger charge is -2.39. The molecule has 0 bridgehead atoms. The summed E-state index contributed by atoms with van der Waals surface area (Å²) in [5.41, 5.74) is 0. The zero-order valence-corrected chi connectivity index (χ0v) is 13.2. The number of hydrogen-bond donors (Lipinski definition) is 1. The third-order valence-electron chi connectivity index (χ3n) is 5.48. The number of nitrogens with one attached hydrogen (secondary N) is 1. The first-order chi connectivity index (χ1) is 9.33. The molecule has 2 nitrogen and oxygen atoms in total. The fourth-order valence-corrected chi connectivity index (χ4v) is 4.14. The molecule has 2 rings (SSSR count). The normalized spacial score (nSPS) is 34.7. The Morgan fingerprint density at radius 2 is 1.68 bits per heavy atom. The SMILES string of the molecule is CCC1CCC(NC)C(CN2CCCCCCC2)C1. The van der Waals surface area contributed by atoms with Crippen LogP contribution in [0.5, 0.6) is 0 Å². The highest BCUT2D eigenvalue weighted by atomic mass is 15.1. The van der Waals surface area contributed by atoms with Crippen LogP contribution in [0.2, 0.25) is 0 Å². The van der Waals surface area contributed by atoms with Gasteiger partial charge in [-0.2, -0.15) is 0 Å². The average molecular weight is 266 g/mol. The minimum Gasteiger partial charge on any atom is -0.317 e. The van der Waals surface area contributed by atoms with Crippen LogP contribution in [0.3, 0.4) is 0 Å². The summed E-state index contributed by atoms with van der Waals surface area (Å²) >= 11 is 0. The first-order valence-electron chi connectivity index (χ1n) is 8.73. The van der Waals surface area contributed by atoms with Crippen LogP contribution in [0.4, 0.5) is 0 Å². The van der Waals surface area contributed by atoms with Crippen molar-refractivity contribution in [3.63, 3.8) is 0 Å². The third kappa shape index (κ3) is 4.75. The first kappa shape index (κ1) is 15.3. The summed E-state index contributed by atoms with van der Waals surface area (Å²) < 4.78 is 0. The summed E-state index contributed by atoms with van der Waals surface area (Å²) in [6, 6.07) is 0.772. The second-order valence-electron chi connectivity index (χ2n) is 6.81. The maximum Gasteiger partial charge on any atom is 0.0105 e. The second-order valence-corrected chi connectivity index (χ2v) is 6.81. The Labute approximate surface area is 120 Å². The van der Waals surface area contributed by atoms with E-state index in [4.69, 9.17) is 0 Å². The Balaban J connectivity index is 1.85. The zero-order chi connectivity index (χ0) is 13.5. The van der Waals surface area contributed by atoms with E-state index < -0.39 is 0 Å². The highest BCUT2D eigenvalue weighted by Crippen LogP contribution is 2.32. The minimum atomic E-state index is 0.772. The molecule has 1 N–H and O–H groups in total. The molecular weight excluding hydrogens is 232 g/mol. The van der Waals surface area contributed by atoms with Crippen LogP contribution < -0.4 is 5.32 Å². The predicted octanol–water partition coefficient (Wildman–Crippen LogP) is 3.67. The molecular formula is C17H34N2. The van der Waals surface area contributed by atoms with Crippen LogP contribution in [0.15, 0.2) is 0 Å². The van der Waals surface area contributed by atoms with E-state index in [1.54, 1.807) is 0 Å².